The minimum absolute atomic E-state index is 0.152. The zero-order chi connectivity index (χ0) is 25.4. The Morgan fingerprint density at radius 2 is 1.67 bits per heavy atom. The molecule has 0 amide bonds. The van der Waals surface area contributed by atoms with E-state index in [0.717, 1.165) is 17.4 Å². The lowest BCUT2D eigenvalue weighted by atomic mass is 10.0. The van der Waals surface area contributed by atoms with Crippen molar-refractivity contribution in [3.8, 4) is 11.3 Å². The first-order chi connectivity index (χ1) is 17.3. The van der Waals surface area contributed by atoms with Gasteiger partial charge in [0.1, 0.15) is 17.6 Å². The van der Waals surface area contributed by atoms with Gasteiger partial charge in [0.2, 0.25) is 0 Å². The van der Waals surface area contributed by atoms with Crippen LogP contribution in [0.3, 0.4) is 0 Å². The van der Waals surface area contributed by atoms with Gasteiger partial charge < -0.3 is 24.8 Å². The summed E-state index contributed by atoms with van der Waals surface area (Å²) in [5, 5.41) is 23.3. The van der Waals surface area contributed by atoms with Gasteiger partial charge in [-0.15, -0.1) is 0 Å². The van der Waals surface area contributed by atoms with E-state index in [2.05, 4.69) is 10.3 Å². The van der Waals surface area contributed by atoms with Gasteiger partial charge in [-0.2, -0.15) is 0 Å². The van der Waals surface area contributed by atoms with Crippen LogP contribution in [-0.4, -0.2) is 32.2 Å². The molecule has 2 unspecified atom stereocenters. The molecule has 2 atom stereocenters. The zero-order valence-corrected chi connectivity index (χ0v) is 20.0. The molecule has 8 nitrogen and oxygen atoms in total. The van der Waals surface area contributed by atoms with E-state index in [9.17, 15) is 19.8 Å². The molecule has 1 saturated heterocycles. The molecule has 4 aromatic rings. The van der Waals surface area contributed by atoms with Crippen LogP contribution in [0, 0.1) is 0 Å². The molecule has 2 aromatic heterocycles. The molecule has 1 aliphatic heterocycles. The third-order valence-corrected chi connectivity index (χ3v) is 6.40. The Labute approximate surface area is 215 Å². The van der Waals surface area contributed by atoms with Crippen molar-refractivity contribution < 1.29 is 24.2 Å². The molecule has 36 heavy (non-hydrogen) atoms. The van der Waals surface area contributed by atoms with Crippen LogP contribution in [0.2, 0.25) is 5.02 Å². The topological polar surface area (TPSA) is 116 Å². The maximum absolute atomic E-state index is 11.6. The zero-order valence-electron chi connectivity index (χ0n) is 18.5. The molecule has 1 fully saturated rings. The average molecular weight is 520 g/mol. The molecular weight excluding hydrogens is 502 g/mol. The number of aromatic nitrogens is 1. The highest BCUT2D eigenvalue weighted by molar-refractivity contribution is 7.80. The second-order valence-electron chi connectivity index (χ2n) is 8.08. The predicted molar refractivity (Wildman–Crippen MR) is 137 cm³/mol. The van der Waals surface area contributed by atoms with Crippen LogP contribution in [0.25, 0.3) is 11.3 Å². The number of nitrogens with zero attached hydrogens (tertiary/aromatic N) is 2. The third kappa shape index (κ3) is 4.41. The number of hydrogen-bond acceptors (Lipinski definition) is 5. The molecule has 0 aliphatic carbocycles. The fourth-order valence-corrected chi connectivity index (χ4v) is 4.68. The normalized spacial score (nSPS) is 17.1. The first-order valence-electron chi connectivity index (χ1n) is 10.8. The molecular formula is C26H18ClN3O5S. The summed E-state index contributed by atoms with van der Waals surface area (Å²) in [7, 11) is 0. The number of aromatic carboxylic acids is 2. The van der Waals surface area contributed by atoms with Crippen molar-refractivity contribution in [3.63, 3.8) is 0 Å². The molecule has 1 aliphatic rings. The van der Waals surface area contributed by atoms with Crippen molar-refractivity contribution in [3.05, 3.63) is 107 Å². The first kappa shape index (κ1) is 23.5. The van der Waals surface area contributed by atoms with E-state index in [1.807, 2.05) is 35.2 Å². The first-order valence-corrected chi connectivity index (χ1v) is 11.6. The predicted octanol–water partition coefficient (Wildman–Crippen LogP) is 5.57. The van der Waals surface area contributed by atoms with Gasteiger partial charge in [0.15, 0.2) is 5.11 Å². The standard InChI is InChI=1S/C26H18ClN3O5S/c27-17-4-6-18(7-5-17)30-23(22(29-26(30)36)19-3-1-2-10-28-19)21-9-8-20(35-21)14-11-15(24(31)32)13-16(12-14)25(33)34/h1-13,22-23H,(H,29,36)(H,31,32)(H,33,34). The van der Waals surface area contributed by atoms with E-state index in [4.69, 9.17) is 28.2 Å². The summed E-state index contributed by atoms with van der Waals surface area (Å²) in [6.45, 7) is 0. The van der Waals surface area contributed by atoms with Crippen LogP contribution >= 0.6 is 23.8 Å². The summed E-state index contributed by atoms with van der Waals surface area (Å²) in [6.07, 6.45) is 1.69. The van der Waals surface area contributed by atoms with Crippen LogP contribution in [0.1, 0.15) is 44.3 Å². The lowest BCUT2D eigenvalue weighted by molar-refractivity contribution is 0.0696. The molecule has 3 N–H and O–H groups in total. The molecule has 5 rings (SSSR count). The van der Waals surface area contributed by atoms with Crippen LogP contribution in [0.15, 0.2) is 83.4 Å². The highest BCUT2D eigenvalue weighted by Gasteiger charge is 2.42. The summed E-state index contributed by atoms with van der Waals surface area (Å²) in [5.74, 6) is -1.62. The van der Waals surface area contributed by atoms with E-state index in [-0.39, 0.29) is 17.2 Å². The van der Waals surface area contributed by atoms with Crippen molar-refractivity contribution in [2.75, 3.05) is 4.90 Å². The molecule has 0 radical (unpaired) electrons. The minimum Gasteiger partial charge on any atom is -0.478 e. The number of furan rings is 1. The Morgan fingerprint density at radius 3 is 2.28 bits per heavy atom. The smallest absolute Gasteiger partial charge is 0.335 e. The van der Waals surface area contributed by atoms with Crippen LogP contribution < -0.4 is 10.2 Å². The van der Waals surface area contributed by atoms with Crippen LogP contribution in [0.5, 0.6) is 0 Å². The van der Waals surface area contributed by atoms with Crippen molar-refractivity contribution >= 4 is 46.6 Å². The number of nitrogens with one attached hydrogen (secondary N) is 1. The van der Waals surface area contributed by atoms with Gasteiger partial charge in [-0.05, 0) is 78.9 Å². The van der Waals surface area contributed by atoms with E-state index >= 15 is 0 Å². The van der Waals surface area contributed by atoms with Crippen molar-refractivity contribution in [1.82, 2.24) is 10.3 Å². The summed E-state index contributed by atoms with van der Waals surface area (Å²) in [4.78, 5) is 29.5. The van der Waals surface area contributed by atoms with E-state index < -0.39 is 18.0 Å². The van der Waals surface area contributed by atoms with Crippen molar-refractivity contribution in [1.29, 1.82) is 0 Å². The Kier molecular flexibility index (Phi) is 6.17. The lowest BCUT2D eigenvalue weighted by Gasteiger charge is -2.26. The van der Waals surface area contributed by atoms with Gasteiger partial charge >= 0.3 is 11.9 Å². The highest BCUT2D eigenvalue weighted by atomic mass is 35.5. The molecule has 0 spiro atoms. The number of thiocarbonyl (C=S) groups is 1. The molecule has 3 heterocycles. The summed E-state index contributed by atoms with van der Waals surface area (Å²) < 4.78 is 6.22. The lowest BCUT2D eigenvalue weighted by Crippen LogP contribution is -2.29. The third-order valence-electron chi connectivity index (χ3n) is 5.83. The largest absolute Gasteiger partial charge is 0.478 e. The molecule has 0 bridgehead atoms. The number of pyridine rings is 1. The number of halogens is 1. The quantitative estimate of drug-likeness (QED) is 0.281. The van der Waals surface area contributed by atoms with Gasteiger partial charge in [0.05, 0.1) is 22.9 Å². The van der Waals surface area contributed by atoms with Crippen LogP contribution in [-0.2, 0) is 0 Å². The number of hydrogen-bond donors (Lipinski definition) is 3. The monoisotopic (exact) mass is 519 g/mol. The van der Waals surface area contributed by atoms with E-state index in [1.165, 1.54) is 12.1 Å². The van der Waals surface area contributed by atoms with Crippen molar-refractivity contribution in [2.24, 2.45) is 0 Å². The maximum Gasteiger partial charge on any atom is 0.335 e. The molecule has 2 aromatic carbocycles. The van der Waals surface area contributed by atoms with E-state index in [1.54, 1.807) is 30.5 Å². The number of carboxylic acids is 2. The van der Waals surface area contributed by atoms with Gasteiger partial charge in [-0.25, -0.2) is 9.59 Å². The van der Waals surface area contributed by atoms with Gasteiger partial charge in [0, 0.05) is 22.5 Å². The number of anilines is 1. The summed E-state index contributed by atoms with van der Waals surface area (Å²) >= 11 is 11.8. The Bertz CT molecular complexity index is 1440. The fraction of sp³-hybridized carbons (Fsp3) is 0.0769. The fourth-order valence-electron chi connectivity index (χ4n) is 4.21. The molecule has 10 heteroatoms. The Hall–Kier alpha value is -4.21. The Morgan fingerprint density at radius 1 is 0.972 bits per heavy atom. The number of carbonyl (C=O) groups is 2. The second-order valence-corrected chi connectivity index (χ2v) is 8.91. The Balaban J connectivity index is 1.61. The van der Waals surface area contributed by atoms with Crippen LogP contribution in [0.4, 0.5) is 5.69 Å². The SMILES string of the molecule is O=C(O)c1cc(C(=O)O)cc(-c2ccc(C3C(c4ccccn4)NC(=S)N3c3ccc(Cl)cc3)o2)c1. The maximum atomic E-state index is 11.6. The van der Waals surface area contributed by atoms with Gasteiger partial charge in [-0.1, -0.05) is 17.7 Å². The number of carboxylic acid groups (broad SMARTS) is 2. The summed E-state index contributed by atoms with van der Waals surface area (Å²) in [6, 6.07) is 19.3. The minimum atomic E-state index is -1.24. The molecule has 180 valence electrons. The van der Waals surface area contributed by atoms with Crippen molar-refractivity contribution in [2.45, 2.75) is 12.1 Å². The second kappa shape index (κ2) is 9.44. The average Bonchev–Trinajstić information content (AvgIpc) is 3.49. The summed E-state index contributed by atoms with van der Waals surface area (Å²) in [5.41, 5.74) is 1.57. The van der Waals surface area contributed by atoms with E-state index in [0.29, 0.717) is 27.2 Å². The number of rotatable bonds is 6. The van der Waals surface area contributed by atoms with Gasteiger partial charge in [-0.3, -0.25) is 4.98 Å². The number of benzene rings is 2. The molecule has 0 saturated carbocycles. The van der Waals surface area contributed by atoms with Gasteiger partial charge in [0.25, 0.3) is 0 Å². The highest BCUT2D eigenvalue weighted by Crippen LogP contribution is 2.43.